The Kier molecular flexibility index (Phi) is 2.79. The lowest BCUT2D eigenvalue weighted by atomic mass is 9.97. The van der Waals surface area contributed by atoms with E-state index in [9.17, 15) is 8.42 Å². The van der Waals surface area contributed by atoms with Crippen molar-refractivity contribution in [3.63, 3.8) is 0 Å². The summed E-state index contributed by atoms with van der Waals surface area (Å²) in [4.78, 5) is 0.247. The highest BCUT2D eigenvalue weighted by Crippen LogP contribution is 2.41. The van der Waals surface area contributed by atoms with Crippen molar-refractivity contribution in [2.75, 3.05) is 0 Å². The van der Waals surface area contributed by atoms with Crippen LogP contribution >= 0.6 is 0 Å². The lowest BCUT2D eigenvalue weighted by Gasteiger charge is -2.20. The molecule has 3 rings (SSSR count). The molecule has 2 aliphatic rings. The highest BCUT2D eigenvalue weighted by molar-refractivity contribution is 7.86. The summed E-state index contributed by atoms with van der Waals surface area (Å²) in [6.07, 6.45) is 4.91. The largest absolute Gasteiger partial charge is 0.297 e. The van der Waals surface area contributed by atoms with E-state index in [2.05, 4.69) is 6.08 Å². The van der Waals surface area contributed by atoms with Crippen LogP contribution in [0.2, 0.25) is 0 Å². The molecule has 0 heterocycles. The minimum atomic E-state index is -3.62. The third-order valence-corrected chi connectivity index (χ3v) is 5.07. The number of hydrogen-bond acceptors (Lipinski definition) is 3. The Hall–Kier alpha value is -1.13. The fraction of sp³-hybridized carbons (Fsp3) is 0.429. The maximum absolute atomic E-state index is 12.1. The van der Waals surface area contributed by atoms with Crippen LogP contribution < -0.4 is 0 Å². The predicted octanol–water partition coefficient (Wildman–Crippen LogP) is 2.81. The second-order valence-electron chi connectivity index (χ2n) is 5.13. The molecule has 0 N–H and O–H groups in total. The summed E-state index contributed by atoms with van der Waals surface area (Å²) < 4.78 is 29.6. The molecule has 0 saturated carbocycles. The molecule has 0 saturated heterocycles. The van der Waals surface area contributed by atoms with Crippen LogP contribution in [0.4, 0.5) is 0 Å². The molecule has 0 amide bonds. The topological polar surface area (TPSA) is 43.4 Å². The second-order valence-corrected chi connectivity index (χ2v) is 6.70. The van der Waals surface area contributed by atoms with Gasteiger partial charge >= 0.3 is 0 Å². The van der Waals surface area contributed by atoms with Gasteiger partial charge in [-0.1, -0.05) is 23.8 Å². The van der Waals surface area contributed by atoms with Gasteiger partial charge in [-0.05, 0) is 49.8 Å². The minimum absolute atomic E-state index is 0.227. The molecule has 1 aromatic rings. The Morgan fingerprint density at radius 2 is 1.94 bits per heavy atom. The first-order valence-electron chi connectivity index (χ1n) is 6.25. The fourth-order valence-corrected chi connectivity index (χ4v) is 3.81. The first-order valence-corrected chi connectivity index (χ1v) is 7.66. The normalized spacial score (nSPS) is 26.4. The maximum atomic E-state index is 12.1. The van der Waals surface area contributed by atoms with Gasteiger partial charge in [0, 0.05) is 0 Å². The quantitative estimate of drug-likeness (QED) is 0.623. The second kappa shape index (κ2) is 4.21. The van der Waals surface area contributed by atoms with Crippen molar-refractivity contribution in [3.05, 3.63) is 41.5 Å². The molecular weight excluding hydrogens is 248 g/mol. The summed E-state index contributed by atoms with van der Waals surface area (Å²) >= 11 is 0. The van der Waals surface area contributed by atoms with Crippen LogP contribution in [0.15, 0.2) is 40.8 Å². The Labute approximate surface area is 108 Å². The van der Waals surface area contributed by atoms with Crippen molar-refractivity contribution in [1.82, 2.24) is 0 Å². The summed E-state index contributed by atoms with van der Waals surface area (Å²) in [7, 11) is -3.62. The van der Waals surface area contributed by atoms with Gasteiger partial charge < -0.3 is 0 Å². The number of benzene rings is 1. The molecule has 0 spiro atoms. The number of fused-ring (bicyclic) bond motifs is 1. The van der Waals surface area contributed by atoms with Gasteiger partial charge in [0.2, 0.25) is 0 Å². The Morgan fingerprint density at radius 3 is 2.50 bits per heavy atom. The molecule has 0 aromatic heterocycles. The Balaban J connectivity index is 1.79. The zero-order valence-corrected chi connectivity index (χ0v) is 11.1. The monoisotopic (exact) mass is 264 g/mol. The van der Waals surface area contributed by atoms with Crippen LogP contribution in [0.25, 0.3) is 0 Å². The molecule has 4 heteroatoms. The van der Waals surface area contributed by atoms with E-state index >= 15 is 0 Å². The summed E-state index contributed by atoms with van der Waals surface area (Å²) in [6, 6.07) is 6.78. The van der Waals surface area contributed by atoms with Crippen LogP contribution in [0.3, 0.4) is 0 Å². The molecule has 2 aliphatic carbocycles. The highest BCUT2D eigenvalue weighted by Gasteiger charge is 2.35. The van der Waals surface area contributed by atoms with E-state index < -0.39 is 10.1 Å². The minimum Gasteiger partial charge on any atom is -0.259 e. The molecule has 2 unspecified atom stereocenters. The number of allylic oxidation sites excluding steroid dienone is 1. The predicted molar refractivity (Wildman–Crippen MR) is 68.7 cm³/mol. The fourth-order valence-electron chi connectivity index (χ4n) is 2.72. The van der Waals surface area contributed by atoms with Crippen LogP contribution in [-0.4, -0.2) is 14.5 Å². The van der Waals surface area contributed by atoms with Crippen molar-refractivity contribution in [3.8, 4) is 0 Å². The summed E-state index contributed by atoms with van der Waals surface area (Å²) in [5, 5.41) is 0. The van der Waals surface area contributed by atoms with Gasteiger partial charge in [-0.3, -0.25) is 4.18 Å². The van der Waals surface area contributed by atoms with E-state index in [1.165, 1.54) is 0 Å². The van der Waals surface area contributed by atoms with E-state index in [0.29, 0.717) is 5.92 Å². The molecular formula is C14H16O3S. The van der Waals surface area contributed by atoms with Gasteiger partial charge in [-0.2, -0.15) is 8.42 Å². The molecule has 2 bridgehead atoms. The van der Waals surface area contributed by atoms with E-state index in [-0.39, 0.29) is 11.0 Å². The molecule has 1 aromatic carbocycles. The van der Waals surface area contributed by atoms with Crippen molar-refractivity contribution in [2.45, 2.75) is 37.2 Å². The molecule has 0 fully saturated rings. The van der Waals surface area contributed by atoms with E-state index in [4.69, 9.17) is 4.18 Å². The van der Waals surface area contributed by atoms with Gasteiger partial charge in [0.1, 0.15) is 0 Å². The SMILES string of the molecule is Cc1ccc(S(=O)(=O)OC2CC3C=C2CC3)cc1. The van der Waals surface area contributed by atoms with Crippen molar-refractivity contribution >= 4 is 10.1 Å². The van der Waals surface area contributed by atoms with Gasteiger partial charge in [0.15, 0.2) is 0 Å². The van der Waals surface area contributed by atoms with Crippen molar-refractivity contribution < 1.29 is 12.6 Å². The third-order valence-electron chi connectivity index (χ3n) is 3.74. The van der Waals surface area contributed by atoms with Crippen molar-refractivity contribution in [2.24, 2.45) is 5.92 Å². The van der Waals surface area contributed by atoms with E-state index in [0.717, 1.165) is 30.4 Å². The molecule has 18 heavy (non-hydrogen) atoms. The standard InChI is InChI=1S/C14H16O3S/c1-10-2-6-13(7-3-10)18(15,16)17-14-9-11-4-5-12(14)8-11/h2-3,6-8,11,14H,4-5,9H2,1H3. The molecule has 0 radical (unpaired) electrons. The maximum Gasteiger partial charge on any atom is 0.297 e. The summed E-state index contributed by atoms with van der Waals surface area (Å²) in [5.41, 5.74) is 2.20. The van der Waals surface area contributed by atoms with Crippen molar-refractivity contribution in [1.29, 1.82) is 0 Å². The van der Waals surface area contributed by atoms with Gasteiger partial charge in [-0.15, -0.1) is 0 Å². The average Bonchev–Trinajstić information content (AvgIpc) is 2.91. The van der Waals surface area contributed by atoms with Gasteiger partial charge in [0.05, 0.1) is 11.0 Å². The smallest absolute Gasteiger partial charge is 0.259 e. The van der Waals surface area contributed by atoms with Crippen LogP contribution in [-0.2, 0) is 14.3 Å². The first-order chi connectivity index (χ1) is 8.54. The summed E-state index contributed by atoms with van der Waals surface area (Å²) in [6.45, 7) is 1.93. The van der Waals surface area contributed by atoms with Crippen LogP contribution in [0, 0.1) is 12.8 Å². The zero-order valence-electron chi connectivity index (χ0n) is 10.3. The van der Waals surface area contributed by atoms with Crippen LogP contribution in [0.1, 0.15) is 24.8 Å². The Morgan fingerprint density at radius 1 is 1.22 bits per heavy atom. The van der Waals surface area contributed by atoms with Gasteiger partial charge in [0.25, 0.3) is 10.1 Å². The number of hydrogen-bond donors (Lipinski definition) is 0. The van der Waals surface area contributed by atoms with Crippen LogP contribution in [0.5, 0.6) is 0 Å². The highest BCUT2D eigenvalue weighted by atomic mass is 32.2. The Bertz CT molecular complexity index is 584. The lowest BCUT2D eigenvalue weighted by molar-refractivity contribution is 0.212. The van der Waals surface area contributed by atoms with Gasteiger partial charge in [-0.25, -0.2) is 0 Å². The molecule has 3 nitrogen and oxygen atoms in total. The first kappa shape index (κ1) is 11.9. The van der Waals surface area contributed by atoms with E-state index in [1.807, 2.05) is 6.92 Å². The summed E-state index contributed by atoms with van der Waals surface area (Å²) in [5.74, 6) is 0.526. The zero-order chi connectivity index (χ0) is 12.8. The third kappa shape index (κ3) is 2.10. The average molecular weight is 264 g/mol. The molecule has 0 aliphatic heterocycles. The van der Waals surface area contributed by atoms with E-state index in [1.54, 1.807) is 24.3 Å². The number of rotatable bonds is 3. The molecule has 2 atom stereocenters. The lowest BCUT2D eigenvalue weighted by Crippen LogP contribution is -2.21. The molecule has 96 valence electrons. The number of aryl methyl sites for hydroxylation is 1.